The molecule has 1 unspecified atom stereocenters. The molecule has 5 nitrogen and oxygen atoms in total. The first-order chi connectivity index (χ1) is 9.58. The number of hydrogen-bond acceptors (Lipinski definition) is 4. The highest BCUT2D eigenvalue weighted by atomic mass is 35.5. The molecular weight excluding hydrogens is 276 g/mol. The highest BCUT2D eigenvalue weighted by Gasteiger charge is 2.10. The Hall–Kier alpha value is -1.59. The smallest absolute Gasteiger partial charge is 0.134 e. The molecule has 2 N–H and O–H groups in total. The van der Waals surface area contributed by atoms with Crippen molar-refractivity contribution in [3.63, 3.8) is 0 Å². The van der Waals surface area contributed by atoms with Crippen molar-refractivity contribution in [1.29, 1.82) is 0 Å². The number of nitrogens with zero attached hydrogens (tertiary/aromatic N) is 3. The average molecular weight is 295 g/mol. The minimum Gasteiger partial charge on any atom is -0.487 e. The third-order valence-corrected chi connectivity index (χ3v) is 3.29. The minimum atomic E-state index is 0.104. The zero-order valence-electron chi connectivity index (χ0n) is 11.7. The zero-order valence-corrected chi connectivity index (χ0v) is 12.5. The highest BCUT2D eigenvalue weighted by Crippen LogP contribution is 2.25. The van der Waals surface area contributed by atoms with E-state index >= 15 is 0 Å². The summed E-state index contributed by atoms with van der Waals surface area (Å²) >= 11 is 6.04. The van der Waals surface area contributed by atoms with Crippen LogP contribution in [0.1, 0.15) is 24.6 Å². The van der Waals surface area contributed by atoms with Gasteiger partial charge in [-0.15, -0.1) is 5.10 Å². The molecule has 0 saturated carbocycles. The first-order valence-electron chi connectivity index (χ1n) is 6.60. The predicted molar refractivity (Wildman–Crippen MR) is 78.8 cm³/mol. The summed E-state index contributed by atoms with van der Waals surface area (Å²) < 4.78 is 7.45. The van der Waals surface area contributed by atoms with Crippen LogP contribution in [0.2, 0.25) is 5.02 Å². The Labute approximate surface area is 123 Å². The second-order valence-corrected chi connectivity index (χ2v) is 5.23. The molecule has 0 radical (unpaired) electrons. The van der Waals surface area contributed by atoms with Crippen molar-refractivity contribution >= 4 is 11.6 Å². The lowest BCUT2D eigenvalue weighted by Gasteiger charge is -2.14. The van der Waals surface area contributed by atoms with E-state index in [0.717, 1.165) is 29.8 Å². The van der Waals surface area contributed by atoms with Gasteiger partial charge < -0.3 is 10.5 Å². The van der Waals surface area contributed by atoms with Crippen LogP contribution in [-0.4, -0.2) is 21.0 Å². The molecule has 0 spiro atoms. The molecular formula is C14H19ClN4O. The quantitative estimate of drug-likeness (QED) is 0.888. The van der Waals surface area contributed by atoms with Gasteiger partial charge in [0.2, 0.25) is 0 Å². The van der Waals surface area contributed by atoms with Gasteiger partial charge in [0, 0.05) is 18.1 Å². The molecule has 1 atom stereocenters. The zero-order chi connectivity index (χ0) is 14.5. The normalized spacial score (nSPS) is 12.4. The molecule has 2 rings (SSSR count). The van der Waals surface area contributed by atoms with E-state index in [0.29, 0.717) is 11.6 Å². The maximum absolute atomic E-state index is 6.04. The molecule has 0 aliphatic rings. The number of hydrogen-bond donors (Lipinski definition) is 1. The third-order valence-electron chi connectivity index (χ3n) is 3.05. The minimum absolute atomic E-state index is 0.104. The van der Waals surface area contributed by atoms with Gasteiger partial charge in [-0.2, -0.15) is 0 Å². The van der Waals surface area contributed by atoms with Crippen molar-refractivity contribution < 1.29 is 4.74 Å². The van der Waals surface area contributed by atoms with E-state index in [9.17, 15) is 0 Å². The molecule has 1 aromatic heterocycles. The van der Waals surface area contributed by atoms with Gasteiger partial charge in [-0.1, -0.05) is 23.7 Å². The fourth-order valence-electron chi connectivity index (χ4n) is 1.89. The van der Waals surface area contributed by atoms with Crippen LogP contribution in [0.15, 0.2) is 24.4 Å². The van der Waals surface area contributed by atoms with E-state index in [-0.39, 0.29) is 6.04 Å². The van der Waals surface area contributed by atoms with Gasteiger partial charge in [-0.05, 0) is 36.6 Å². The van der Waals surface area contributed by atoms with E-state index in [4.69, 9.17) is 22.1 Å². The maximum atomic E-state index is 6.04. The molecule has 0 fully saturated rings. The molecule has 0 aliphatic carbocycles. The van der Waals surface area contributed by atoms with E-state index in [2.05, 4.69) is 17.2 Å². The van der Waals surface area contributed by atoms with Crippen molar-refractivity contribution in [1.82, 2.24) is 15.0 Å². The molecule has 108 valence electrons. The summed E-state index contributed by atoms with van der Waals surface area (Å²) in [7, 11) is 1.82. The first kappa shape index (κ1) is 14.8. The Balaban J connectivity index is 2.09. The van der Waals surface area contributed by atoms with Crippen LogP contribution in [0, 0.1) is 0 Å². The summed E-state index contributed by atoms with van der Waals surface area (Å²) in [5.41, 5.74) is 7.82. The van der Waals surface area contributed by atoms with Crippen LogP contribution in [0.25, 0.3) is 0 Å². The molecule has 0 saturated heterocycles. The fourth-order valence-corrected chi connectivity index (χ4v) is 2.08. The van der Waals surface area contributed by atoms with Crippen molar-refractivity contribution in [3.8, 4) is 5.75 Å². The number of aryl methyl sites for hydroxylation is 1. The maximum Gasteiger partial charge on any atom is 0.134 e. The summed E-state index contributed by atoms with van der Waals surface area (Å²) in [6.45, 7) is 2.44. The van der Waals surface area contributed by atoms with Crippen LogP contribution in [0.3, 0.4) is 0 Å². The summed E-state index contributed by atoms with van der Waals surface area (Å²) in [5, 5.41) is 8.55. The average Bonchev–Trinajstić information content (AvgIpc) is 2.83. The number of rotatable bonds is 6. The Morgan fingerprint density at radius 2 is 2.25 bits per heavy atom. The highest BCUT2D eigenvalue weighted by molar-refractivity contribution is 6.30. The lowest BCUT2D eigenvalue weighted by Crippen LogP contribution is -2.21. The van der Waals surface area contributed by atoms with Gasteiger partial charge in [0.1, 0.15) is 18.1 Å². The Morgan fingerprint density at radius 1 is 1.45 bits per heavy atom. The number of nitrogens with two attached hydrogens (primary N) is 1. The SMILES string of the molecule is CCC(N)Cc1cc(Cl)ccc1OCc1cn(C)nn1. The summed E-state index contributed by atoms with van der Waals surface area (Å²) in [6, 6.07) is 5.70. The Bertz CT molecular complexity index is 570. The molecule has 1 aromatic carbocycles. The molecule has 2 aromatic rings. The van der Waals surface area contributed by atoms with Crippen molar-refractivity contribution in [2.45, 2.75) is 32.4 Å². The van der Waals surface area contributed by atoms with Gasteiger partial charge in [-0.25, -0.2) is 0 Å². The number of aromatic nitrogens is 3. The van der Waals surface area contributed by atoms with Crippen LogP contribution < -0.4 is 10.5 Å². The van der Waals surface area contributed by atoms with E-state index < -0.39 is 0 Å². The van der Waals surface area contributed by atoms with Gasteiger partial charge in [0.05, 0.1) is 6.20 Å². The predicted octanol–water partition coefficient (Wildman–Crippen LogP) is 2.33. The lowest BCUT2D eigenvalue weighted by molar-refractivity contribution is 0.297. The van der Waals surface area contributed by atoms with E-state index in [1.165, 1.54) is 0 Å². The monoisotopic (exact) mass is 294 g/mol. The van der Waals surface area contributed by atoms with Crippen LogP contribution >= 0.6 is 11.6 Å². The number of ether oxygens (including phenoxy) is 1. The Morgan fingerprint density at radius 3 is 2.90 bits per heavy atom. The van der Waals surface area contributed by atoms with Crippen LogP contribution in [0.4, 0.5) is 0 Å². The van der Waals surface area contributed by atoms with Gasteiger partial charge in [0.25, 0.3) is 0 Å². The second-order valence-electron chi connectivity index (χ2n) is 4.80. The molecule has 0 aliphatic heterocycles. The second kappa shape index (κ2) is 6.72. The van der Waals surface area contributed by atoms with Crippen LogP contribution in [-0.2, 0) is 20.1 Å². The largest absolute Gasteiger partial charge is 0.487 e. The molecule has 0 bridgehead atoms. The van der Waals surface area contributed by atoms with Crippen molar-refractivity contribution in [2.24, 2.45) is 12.8 Å². The fraction of sp³-hybridized carbons (Fsp3) is 0.429. The summed E-state index contributed by atoms with van der Waals surface area (Å²) in [4.78, 5) is 0. The van der Waals surface area contributed by atoms with Gasteiger partial charge >= 0.3 is 0 Å². The van der Waals surface area contributed by atoms with Crippen LogP contribution in [0.5, 0.6) is 5.75 Å². The standard InChI is InChI=1S/C14H19ClN4O/c1-3-12(16)7-10-6-11(15)4-5-14(10)20-9-13-8-19(2)18-17-13/h4-6,8,12H,3,7,9,16H2,1-2H3. The van der Waals surface area contributed by atoms with Gasteiger partial charge in [-0.3, -0.25) is 4.68 Å². The molecule has 1 heterocycles. The molecule has 0 amide bonds. The van der Waals surface area contributed by atoms with Crippen molar-refractivity contribution in [3.05, 3.63) is 40.7 Å². The topological polar surface area (TPSA) is 66.0 Å². The van der Waals surface area contributed by atoms with Crippen molar-refractivity contribution in [2.75, 3.05) is 0 Å². The van der Waals surface area contributed by atoms with E-state index in [1.54, 1.807) is 4.68 Å². The summed E-state index contributed by atoms with van der Waals surface area (Å²) in [6.07, 6.45) is 3.48. The lowest BCUT2D eigenvalue weighted by atomic mass is 10.0. The number of benzene rings is 1. The molecule has 20 heavy (non-hydrogen) atoms. The van der Waals surface area contributed by atoms with Gasteiger partial charge in [0.15, 0.2) is 0 Å². The molecule has 6 heteroatoms. The van der Waals surface area contributed by atoms with E-state index in [1.807, 2.05) is 31.4 Å². The first-order valence-corrected chi connectivity index (χ1v) is 6.98. The number of halogens is 1. The Kier molecular flexibility index (Phi) is 4.98. The summed E-state index contributed by atoms with van der Waals surface area (Å²) in [5.74, 6) is 0.795. The third kappa shape index (κ3) is 3.95.